The summed E-state index contributed by atoms with van der Waals surface area (Å²) in [5.41, 5.74) is 0.0281. The van der Waals surface area contributed by atoms with Crippen molar-refractivity contribution in [3.05, 3.63) is 57.5 Å². The van der Waals surface area contributed by atoms with Crippen molar-refractivity contribution in [2.75, 3.05) is 18.0 Å². The van der Waals surface area contributed by atoms with Crippen molar-refractivity contribution in [2.24, 2.45) is 0 Å². The Kier molecular flexibility index (Phi) is 5.98. The third-order valence-electron chi connectivity index (χ3n) is 3.09. The lowest BCUT2D eigenvalue weighted by Crippen LogP contribution is -2.36. The van der Waals surface area contributed by atoms with E-state index in [1.54, 1.807) is 18.2 Å². The highest BCUT2D eigenvalue weighted by Crippen LogP contribution is 2.36. The van der Waals surface area contributed by atoms with E-state index in [2.05, 4.69) is 4.74 Å². The number of rotatable bonds is 5. The van der Waals surface area contributed by atoms with Gasteiger partial charge in [0.05, 0.1) is 32.8 Å². The molecule has 0 radical (unpaired) electrons. The van der Waals surface area contributed by atoms with Crippen LogP contribution in [0, 0.1) is 0 Å². The molecule has 128 valence electrons. The molecule has 0 N–H and O–H groups in total. The molecule has 24 heavy (non-hydrogen) atoms. The van der Waals surface area contributed by atoms with Crippen LogP contribution in [0.4, 0.5) is 5.69 Å². The molecule has 0 heterocycles. The standard InChI is InChI=1S/C15H12Cl3NO4S/c1-23-15(20)9-19(14-8-12(17)11(16)7-13(14)18)24(21,22)10-5-3-2-4-6-10/h2-8H,9H2,1H3. The number of carbonyl (C=O) groups is 1. The number of carbonyl (C=O) groups excluding carboxylic acids is 1. The number of hydrogen-bond acceptors (Lipinski definition) is 4. The van der Waals surface area contributed by atoms with Crippen LogP contribution < -0.4 is 4.31 Å². The minimum Gasteiger partial charge on any atom is -0.468 e. The Morgan fingerprint density at radius 1 is 1.04 bits per heavy atom. The third kappa shape index (κ3) is 3.95. The molecule has 0 saturated carbocycles. The number of hydrogen-bond donors (Lipinski definition) is 0. The molecule has 0 aromatic heterocycles. The predicted molar refractivity (Wildman–Crippen MR) is 94.5 cm³/mol. The summed E-state index contributed by atoms with van der Waals surface area (Å²) >= 11 is 18.0. The average molecular weight is 409 g/mol. The maximum Gasteiger partial charge on any atom is 0.326 e. The molecule has 0 saturated heterocycles. The van der Waals surface area contributed by atoms with Crippen LogP contribution in [-0.4, -0.2) is 28.0 Å². The van der Waals surface area contributed by atoms with Crippen molar-refractivity contribution in [1.82, 2.24) is 0 Å². The Balaban J connectivity index is 2.62. The highest BCUT2D eigenvalue weighted by Gasteiger charge is 2.29. The molecule has 5 nitrogen and oxygen atoms in total. The highest BCUT2D eigenvalue weighted by atomic mass is 35.5. The van der Waals surface area contributed by atoms with Crippen LogP contribution in [0.3, 0.4) is 0 Å². The van der Waals surface area contributed by atoms with E-state index < -0.39 is 22.5 Å². The SMILES string of the molecule is COC(=O)CN(c1cc(Cl)c(Cl)cc1Cl)S(=O)(=O)c1ccccc1. The topological polar surface area (TPSA) is 63.7 Å². The lowest BCUT2D eigenvalue weighted by molar-refractivity contribution is -0.138. The van der Waals surface area contributed by atoms with Gasteiger partial charge in [-0.05, 0) is 24.3 Å². The van der Waals surface area contributed by atoms with E-state index >= 15 is 0 Å². The molecule has 0 aliphatic carbocycles. The van der Waals surface area contributed by atoms with E-state index in [1.807, 2.05) is 0 Å². The third-order valence-corrected chi connectivity index (χ3v) is 5.89. The molecule has 0 unspecified atom stereocenters. The molecule has 2 aromatic rings. The first-order valence-corrected chi connectivity index (χ1v) is 9.14. The smallest absolute Gasteiger partial charge is 0.326 e. The average Bonchev–Trinajstić information content (AvgIpc) is 2.56. The van der Waals surface area contributed by atoms with Crippen LogP contribution in [0.5, 0.6) is 0 Å². The van der Waals surface area contributed by atoms with Gasteiger partial charge in [0.2, 0.25) is 0 Å². The number of anilines is 1. The number of esters is 1. The van der Waals surface area contributed by atoms with Gasteiger partial charge in [-0.2, -0.15) is 0 Å². The molecular formula is C15H12Cl3NO4S. The number of benzene rings is 2. The Hall–Kier alpha value is -1.47. The number of halogens is 3. The number of sulfonamides is 1. The van der Waals surface area contributed by atoms with Gasteiger partial charge in [0.15, 0.2) is 0 Å². The summed E-state index contributed by atoms with van der Waals surface area (Å²) in [5.74, 6) is -0.753. The van der Waals surface area contributed by atoms with Crippen molar-refractivity contribution < 1.29 is 17.9 Å². The summed E-state index contributed by atoms with van der Waals surface area (Å²) in [6.45, 7) is -0.564. The monoisotopic (exact) mass is 407 g/mol. The van der Waals surface area contributed by atoms with E-state index in [1.165, 1.54) is 24.3 Å². The summed E-state index contributed by atoms with van der Waals surface area (Å²) in [6.07, 6.45) is 0. The Labute approximate surface area is 154 Å². The maximum absolute atomic E-state index is 12.9. The second kappa shape index (κ2) is 7.61. The highest BCUT2D eigenvalue weighted by molar-refractivity contribution is 7.92. The molecule has 0 atom stereocenters. The largest absolute Gasteiger partial charge is 0.468 e. The quantitative estimate of drug-likeness (QED) is 0.554. The van der Waals surface area contributed by atoms with Gasteiger partial charge in [0.25, 0.3) is 10.0 Å². The van der Waals surface area contributed by atoms with Crippen molar-refractivity contribution in [2.45, 2.75) is 4.90 Å². The zero-order valence-electron chi connectivity index (χ0n) is 12.4. The van der Waals surface area contributed by atoms with E-state index in [9.17, 15) is 13.2 Å². The molecule has 2 aromatic carbocycles. The van der Waals surface area contributed by atoms with Gasteiger partial charge in [-0.15, -0.1) is 0 Å². The van der Waals surface area contributed by atoms with Gasteiger partial charge in [0.1, 0.15) is 6.54 Å². The van der Waals surface area contributed by atoms with Gasteiger partial charge in [0, 0.05) is 0 Å². The minimum atomic E-state index is -4.07. The van der Waals surface area contributed by atoms with E-state index in [-0.39, 0.29) is 25.7 Å². The van der Waals surface area contributed by atoms with Gasteiger partial charge < -0.3 is 4.74 Å². The fourth-order valence-corrected chi connectivity index (χ4v) is 4.04. The summed E-state index contributed by atoms with van der Waals surface area (Å²) in [6, 6.07) is 10.2. The molecule has 2 rings (SSSR count). The molecule has 0 aliphatic rings. The second-order valence-electron chi connectivity index (χ2n) is 4.62. The van der Waals surface area contributed by atoms with Crippen LogP contribution in [0.1, 0.15) is 0 Å². The minimum absolute atomic E-state index is 0.00366. The fourth-order valence-electron chi connectivity index (χ4n) is 1.90. The summed E-state index contributed by atoms with van der Waals surface area (Å²) in [5, 5.41) is 0.308. The van der Waals surface area contributed by atoms with Gasteiger partial charge in [-0.1, -0.05) is 53.0 Å². The molecule has 0 aliphatic heterocycles. The van der Waals surface area contributed by atoms with Crippen LogP contribution in [-0.2, 0) is 19.6 Å². The number of methoxy groups -OCH3 is 1. The first-order valence-electron chi connectivity index (χ1n) is 6.56. The van der Waals surface area contributed by atoms with E-state index in [0.717, 1.165) is 11.4 Å². The normalized spacial score (nSPS) is 11.2. The van der Waals surface area contributed by atoms with E-state index in [0.29, 0.717) is 0 Å². The van der Waals surface area contributed by atoms with Crippen LogP contribution in [0.25, 0.3) is 0 Å². The molecular weight excluding hydrogens is 397 g/mol. The van der Waals surface area contributed by atoms with Gasteiger partial charge in [-0.3, -0.25) is 9.10 Å². The van der Waals surface area contributed by atoms with Gasteiger partial charge >= 0.3 is 5.97 Å². The molecule has 0 fully saturated rings. The zero-order valence-corrected chi connectivity index (χ0v) is 15.5. The maximum atomic E-state index is 12.9. The lowest BCUT2D eigenvalue weighted by atomic mass is 10.3. The van der Waals surface area contributed by atoms with Crippen molar-refractivity contribution in [3.63, 3.8) is 0 Å². The fraction of sp³-hybridized carbons (Fsp3) is 0.133. The summed E-state index contributed by atoms with van der Waals surface area (Å²) in [7, 11) is -2.91. The molecule has 0 spiro atoms. The molecule has 0 bridgehead atoms. The number of ether oxygens (including phenoxy) is 1. The lowest BCUT2D eigenvalue weighted by Gasteiger charge is -2.24. The van der Waals surface area contributed by atoms with Crippen LogP contribution in [0.15, 0.2) is 47.4 Å². The molecule has 0 amide bonds. The predicted octanol–water partition coefficient (Wildman–Crippen LogP) is 4.02. The second-order valence-corrected chi connectivity index (χ2v) is 7.70. The Morgan fingerprint density at radius 2 is 1.62 bits per heavy atom. The first-order chi connectivity index (χ1) is 11.3. The Bertz CT molecular complexity index is 857. The number of nitrogens with zero attached hydrogens (tertiary/aromatic N) is 1. The summed E-state index contributed by atoms with van der Waals surface area (Å²) in [4.78, 5) is 11.7. The first kappa shape index (κ1) is 18.9. The zero-order chi connectivity index (χ0) is 17.9. The van der Waals surface area contributed by atoms with Crippen LogP contribution >= 0.6 is 34.8 Å². The molecule has 9 heteroatoms. The van der Waals surface area contributed by atoms with Crippen molar-refractivity contribution >= 4 is 56.5 Å². The van der Waals surface area contributed by atoms with Crippen molar-refractivity contribution in [3.8, 4) is 0 Å². The van der Waals surface area contributed by atoms with Gasteiger partial charge in [-0.25, -0.2) is 8.42 Å². The van der Waals surface area contributed by atoms with Crippen molar-refractivity contribution in [1.29, 1.82) is 0 Å². The Morgan fingerprint density at radius 3 is 2.21 bits per heavy atom. The van der Waals surface area contributed by atoms with E-state index in [4.69, 9.17) is 34.8 Å². The summed E-state index contributed by atoms with van der Waals surface area (Å²) < 4.78 is 31.2. The van der Waals surface area contributed by atoms with Crippen LogP contribution in [0.2, 0.25) is 15.1 Å².